The molecule has 0 aliphatic heterocycles. The quantitative estimate of drug-likeness (QED) is 0.754. The molecule has 0 amide bonds. The third-order valence-corrected chi connectivity index (χ3v) is 2.98. The summed E-state index contributed by atoms with van der Waals surface area (Å²) in [5, 5.41) is 1.74. The molecule has 1 heterocycles. The zero-order chi connectivity index (χ0) is 10.1. The van der Waals surface area contributed by atoms with Gasteiger partial charge in [-0.3, -0.25) is 0 Å². The lowest BCUT2D eigenvalue weighted by molar-refractivity contribution is 1.41. The molecule has 0 spiro atoms. The van der Waals surface area contributed by atoms with E-state index in [-0.39, 0.29) is 0 Å². The van der Waals surface area contributed by atoms with Crippen LogP contribution in [0.15, 0.2) is 30.6 Å². The maximum Gasteiger partial charge on any atom is 0.0658 e. The maximum atomic E-state index is 5.96. The van der Waals surface area contributed by atoms with Crippen molar-refractivity contribution in [2.75, 3.05) is 0 Å². The molecule has 1 aromatic carbocycles. The summed E-state index contributed by atoms with van der Waals surface area (Å²) in [5.41, 5.74) is 1.87. The summed E-state index contributed by atoms with van der Waals surface area (Å²) in [6.07, 6.45) is 3.54. The van der Waals surface area contributed by atoms with Gasteiger partial charge in [0, 0.05) is 18.0 Å². The second kappa shape index (κ2) is 3.85. The average Bonchev–Trinajstić information content (AvgIpc) is 2.57. The number of aromatic amines is 1. The lowest BCUT2D eigenvalue weighted by Crippen LogP contribution is -1.76. The summed E-state index contributed by atoms with van der Waals surface area (Å²) in [6, 6.07) is 5.42. The summed E-state index contributed by atoms with van der Waals surface area (Å²) in [4.78, 5) is 2.92. The van der Waals surface area contributed by atoms with E-state index in [2.05, 4.69) is 4.98 Å². The van der Waals surface area contributed by atoms with Crippen LogP contribution >= 0.6 is 34.8 Å². The lowest BCUT2D eigenvalue weighted by Gasteiger charge is -2.01. The molecule has 4 heteroatoms. The number of hydrogen-bond acceptors (Lipinski definition) is 0. The Morgan fingerprint density at radius 2 is 1.64 bits per heavy atom. The van der Waals surface area contributed by atoms with Crippen LogP contribution in [0.2, 0.25) is 15.1 Å². The fourth-order valence-corrected chi connectivity index (χ4v) is 1.75. The number of benzene rings is 1. The highest BCUT2D eigenvalue weighted by Gasteiger charge is 2.06. The Bertz CT molecular complexity index is 462. The monoisotopic (exact) mass is 245 g/mol. The Hall–Kier alpha value is -0.630. The van der Waals surface area contributed by atoms with Gasteiger partial charge in [-0.25, -0.2) is 0 Å². The van der Waals surface area contributed by atoms with Crippen molar-refractivity contribution in [3.05, 3.63) is 45.7 Å². The highest BCUT2D eigenvalue weighted by Crippen LogP contribution is 2.32. The topological polar surface area (TPSA) is 15.8 Å². The van der Waals surface area contributed by atoms with Gasteiger partial charge in [-0.1, -0.05) is 40.9 Å². The van der Waals surface area contributed by atoms with Crippen LogP contribution < -0.4 is 0 Å². The van der Waals surface area contributed by atoms with Crippen LogP contribution in [-0.2, 0) is 0 Å². The van der Waals surface area contributed by atoms with Crippen LogP contribution in [0.4, 0.5) is 0 Å². The SMILES string of the molecule is Clc1ccc(-c2c[nH]cc2Cl)cc1Cl. The van der Waals surface area contributed by atoms with Crippen molar-refractivity contribution in [1.82, 2.24) is 4.98 Å². The van der Waals surface area contributed by atoms with E-state index >= 15 is 0 Å². The number of H-pyrrole nitrogens is 1. The molecule has 0 unspecified atom stereocenters. The minimum atomic E-state index is 0.529. The van der Waals surface area contributed by atoms with Gasteiger partial charge in [0.05, 0.1) is 15.1 Å². The second-order valence-corrected chi connectivity index (χ2v) is 4.07. The van der Waals surface area contributed by atoms with Crippen LogP contribution in [0.1, 0.15) is 0 Å². The maximum absolute atomic E-state index is 5.96. The van der Waals surface area contributed by atoms with Crippen molar-refractivity contribution in [3.63, 3.8) is 0 Å². The number of hydrogen-bond donors (Lipinski definition) is 1. The molecule has 0 radical (unpaired) electrons. The van der Waals surface area contributed by atoms with E-state index in [0.717, 1.165) is 11.1 Å². The van der Waals surface area contributed by atoms with Crippen LogP contribution in [0.5, 0.6) is 0 Å². The third kappa shape index (κ3) is 1.76. The molecule has 0 fully saturated rings. The number of nitrogens with one attached hydrogen (secondary N) is 1. The van der Waals surface area contributed by atoms with Crippen molar-refractivity contribution >= 4 is 34.8 Å². The van der Waals surface area contributed by atoms with Gasteiger partial charge in [0.25, 0.3) is 0 Å². The molecule has 0 atom stereocenters. The molecule has 1 nitrogen and oxygen atoms in total. The molecule has 2 rings (SSSR count). The van der Waals surface area contributed by atoms with Crippen LogP contribution in [0.3, 0.4) is 0 Å². The van der Waals surface area contributed by atoms with E-state index in [4.69, 9.17) is 34.8 Å². The largest absolute Gasteiger partial charge is 0.366 e. The van der Waals surface area contributed by atoms with E-state index in [1.807, 2.05) is 12.3 Å². The van der Waals surface area contributed by atoms with Gasteiger partial charge in [-0.2, -0.15) is 0 Å². The molecular formula is C10H6Cl3N. The smallest absolute Gasteiger partial charge is 0.0658 e. The van der Waals surface area contributed by atoms with Gasteiger partial charge >= 0.3 is 0 Å². The molecule has 0 aliphatic carbocycles. The highest BCUT2D eigenvalue weighted by molar-refractivity contribution is 6.42. The molecule has 1 aromatic heterocycles. The lowest BCUT2D eigenvalue weighted by atomic mass is 10.1. The summed E-state index contributed by atoms with van der Waals surface area (Å²) in [6.45, 7) is 0. The molecular weight excluding hydrogens is 240 g/mol. The van der Waals surface area contributed by atoms with E-state index in [1.165, 1.54) is 0 Å². The van der Waals surface area contributed by atoms with Gasteiger partial charge in [-0.05, 0) is 17.7 Å². The Morgan fingerprint density at radius 1 is 0.857 bits per heavy atom. The van der Waals surface area contributed by atoms with Crippen molar-refractivity contribution in [2.45, 2.75) is 0 Å². The van der Waals surface area contributed by atoms with Crippen molar-refractivity contribution in [3.8, 4) is 11.1 Å². The highest BCUT2D eigenvalue weighted by atomic mass is 35.5. The Kier molecular flexibility index (Phi) is 2.73. The number of aromatic nitrogens is 1. The number of rotatable bonds is 1. The molecule has 0 saturated heterocycles. The minimum absolute atomic E-state index is 0.529. The van der Waals surface area contributed by atoms with E-state index in [9.17, 15) is 0 Å². The normalized spacial score (nSPS) is 10.5. The van der Waals surface area contributed by atoms with Crippen molar-refractivity contribution in [2.24, 2.45) is 0 Å². The Balaban J connectivity index is 2.53. The third-order valence-electron chi connectivity index (χ3n) is 1.93. The summed E-state index contributed by atoms with van der Waals surface area (Å²) < 4.78 is 0. The molecule has 1 N–H and O–H groups in total. The second-order valence-electron chi connectivity index (χ2n) is 2.85. The van der Waals surface area contributed by atoms with Crippen molar-refractivity contribution < 1.29 is 0 Å². The van der Waals surface area contributed by atoms with E-state index < -0.39 is 0 Å². The first kappa shape index (κ1) is 9.91. The van der Waals surface area contributed by atoms with E-state index in [0.29, 0.717) is 15.1 Å². The fraction of sp³-hybridized carbons (Fsp3) is 0. The number of halogens is 3. The fourth-order valence-electron chi connectivity index (χ4n) is 1.23. The van der Waals surface area contributed by atoms with Gasteiger partial charge in [0.15, 0.2) is 0 Å². The zero-order valence-corrected chi connectivity index (χ0v) is 9.29. The van der Waals surface area contributed by atoms with Crippen LogP contribution in [0, 0.1) is 0 Å². The molecule has 72 valence electrons. The molecule has 14 heavy (non-hydrogen) atoms. The van der Waals surface area contributed by atoms with Gasteiger partial charge < -0.3 is 4.98 Å². The predicted octanol–water partition coefficient (Wildman–Crippen LogP) is 4.64. The summed E-state index contributed by atoms with van der Waals surface area (Å²) >= 11 is 17.7. The molecule has 0 saturated carbocycles. The van der Waals surface area contributed by atoms with Gasteiger partial charge in [0.1, 0.15) is 0 Å². The van der Waals surface area contributed by atoms with Gasteiger partial charge in [-0.15, -0.1) is 0 Å². The zero-order valence-electron chi connectivity index (χ0n) is 7.02. The van der Waals surface area contributed by atoms with Crippen LogP contribution in [0.25, 0.3) is 11.1 Å². The first-order valence-electron chi connectivity index (χ1n) is 3.96. The van der Waals surface area contributed by atoms with Crippen molar-refractivity contribution in [1.29, 1.82) is 0 Å². The molecule has 2 aromatic rings. The molecule has 0 bridgehead atoms. The minimum Gasteiger partial charge on any atom is -0.366 e. The predicted molar refractivity (Wildman–Crippen MR) is 61.3 cm³/mol. The first-order valence-corrected chi connectivity index (χ1v) is 5.09. The standard InChI is InChI=1S/C10H6Cl3N/c11-8-2-1-6(3-9(8)12)7-4-14-5-10(7)13/h1-5,14H. The van der Waals surface area contributed by atoms with Crippen LogP contribution in [-0.4, -0.2) is 4.98 Å². The summed E-state index contributed by atoms with van der Waals surface area (Å²) in [5.74, 6) is 0. The Morgan fingerprint density at radius 3 is 2.21 bits per heavy atom. The van der Waals surface area contributed by atoms with E-state index in [1.54, 1.807) is 18.3 Å². The molecule has 0 aliphatic rings. The van der Waals surface area contributed by atoms with Gasteiger partial charge in [0.2, 0.25) is 0 Å². The Labute approximate surface area is 96.6 Å². The summed E-state index contributed by atoms with van der Waals surface area (Å²) in [7, 11) is 0. The first-order chi connectivity index (χ1) is 6.68. The average molecular weight is 247 g/mol.